The Labute approximate surface area is 68.4 Å². The second-order valence-electron chi connectivity index (χ2n) is 2.93. The third kappa shape index (κ3) is 7.39. The maximum Gasteiger partial charge on any atom is 0.170 e. The van der Waals surface area contributed by atoms with Crippen molar-refractivity contribution in [1.29, 1.82) is 0 Å². The van der Waals surface area contributed by atoms with Crippen LogP contribution in [0.5, 0.6) is 0 Å². The summed E-state index contributed by atoms with van der Waals surface area (Å²) in [5.74, 6) is 0. The summed E-state index contributed by atoms with van der Waals surface area (Å²) in [7, 11) is -2.99. The molecule has 0 unspecified atom stereocenters. The van der Waals surface area contributed by atoms with E-state index in [9.17, 15) is 8.42 Å². The van der Waals surface area contributed by atoms with E-state index in [-0.39, 0.29) is 6.04 Å². The third-order valence-corrected chi connectivity index (χ3v) is 1.69. The van der Waals surface area contributed by atoms with Crippen molar-refractivity contribution in [2.75, 3.05) is 6.26 Å². The first-order valence-corrected chi connectivity index (χ1v) is 5.41. The lowest BCUT2D eigenvalue weighted by Crippen LogP contribution is -2.20. The first-order chi connectivity index (χ1) is 4.81. The molecule has 0 amide bonds. The van der Waals surface area contributed by atoms with Crippen LogP contribution in [0.2, 0.25) is 0 Å². The van der Waals surface area contributed by atoms with E-state index >= 15 is 0 Å². The number of rotatable bonds is 3. The Bertz CT molecular complexity index is 239. The van der Waals surface area contributed by atoms with Crippen molar-refractivity contribution in [3.05, 3.63) is 11.1 Å². The van der Waals surface area contributed by atoms with E-state index in [1.54, 1.807) is 6.92 Å². The average molecular weight is 177 g/mol. The fourth-order valence-corrected chi connectivity index (χ4v) is 1.52. The summed E-state index contributed by atoms with van der Waals surface area (Å²) in [5, 5.41) is 4.21. The molecule has 0 saturated heterocycles. The maximum atomic E-state index is 10.7. The molecule has 0 aliphatic carbocycles. The number of nitrogens with one attached hydrogen (secondary N) is 1. The topological polar surface area (TPSA) is 46.2 Å². The van der Waals surface area contributed by atoms with Gasteiger partial charge in [0.15, 0.2) is 9.84 Å². The third-order valence-electron chi connectivity index (χ3n) is 0.907. The minimum Gasteiger partial charge on any atom is -0.386 e. The van der Waals surface area contributed by atoms with Gasteiger partial charge in [0, 0.05) is 23.4 Å². The van der Waals surface area contributed by atoms with Gasteiger partial charge in [0.1, 0.15) is 0 Å². The highest BCUT2D eigenvalue weighted by Gasteiger charge is 1.98. The monoisotopic (exact) mass is 177 g/mol. The molecule has 1 N–H and O–H groups in total. The van der Waals surface area contributed by atoms with Crippen LogP contribution >= 0.6 is 0 Å². The molecular formula is C7H15NO2S. The molecule has 0 fully saturated rings. The Kier molecular flexibility index (Phi) is 3.58. The molecule has 11 heavy (non-hydrogen) atoms. The van der Waals surface area contributed by atoms with Gasteiger partial charge in [-0.3, -0.25) is 0 Å². The zero-order valence-electron chi connectivity index (χ0n) is 7.38. The number of hydrogen-bond donors (Lipinski definition) is 1. The predicted octanol–water partition coefficient (Wildman–Crippen LogP) is 0.890. The first kappa shape index (κ1) is 10.5. The van der Waals surface area contributed by atoms with Crippen molar-refractivity contribution in [1.82, 2.24) is 5.32 Å². The van der Waals surface area contributed by atoms with Crippen LogP contribution in [-0.2, 0) is 9.84 Å². The lowest BCUT2D eigenvalue weighted by molar-refractivity contribution is 0.608. The molecule has 0 saturated carbocycles. The molecular weight excluding hydrogens is 162 g/mol. The Balaban J connectivity index is 4.25. The summed E-state index contributed by atoms with van der Waals surface area (Å²) >= 11 is 0. The summed E-state index contributed by atoms with van der Waals surface area (Å²) < 4.78 is 21.4. The summed E-state index contributed by atoms with van der Waals surface area (Å²) in [6.07, 6.45) is 1.18. The summed E-state index contributed by atoms with van der Waals surface area (Å²) in [4.78, 5) is 0. The van der Waals surface area contributed by atoms with Crippen LogP contribution in [0.3, 0.4) is 0 Å². The van der Waals surface area contributed by atoms with Crippen molar-refractivity contribution in [3.8, 4) is 0 Å². The van der Waals surface area contributed by atoms with E-state index in [2.05, 4.69) is 5.32 Å². The lowest BCUT2D eigenvalue weighted by atomic mass is 10.4. The van der Waals surface area contributed by atoms with E-state index < -0.39 is 9.84 Å². The van der Waals surface area contributed by atoms with Crippen LogP contribution in [0.1, 0.15) is 20.8 Å². The highest BCUT2D eigenvalue weighted by Crippen LogP contribution is 1.94. The Morgan fingerprint density at radius 3 is 2.18 bits per heavy atom. The van der Waals surface area contributed by atoms with Crippen molar-refractivity contribution in [3.63, 3.8) is 0 Å². The molecule has 66 valence electrons. The van der Waals surface area contributed by atoms with Crippen molar-refractivity contribution in [2.24, 2.45) is 0 Å². The molecule has 0 aromatic carbocycles. The van der Waals surface area contributed by atoms with Crippen LogP contribution in [0.25, 0.3) is 0 Å². The van der Waals surface area contributed by atoms with Gasteiger partial charge in [-0.1, -0.05) is 0 Å². The van der Waals surface area contributed by atoms with E-state index in [0.717, 1.165) is 0 Å². The van der Waals surface area contributed by atoms with Crippen molar-refractivity contribution >= 4 is 9.84 Å². The molecule has 3 nitrogen and oxygen atoms in total. The van der Waals surface area contributed by atoms with Gasteiger partial charge >= 0.3 is 0 Å². The molecule has 0 aromatic rings. The Hall–Kier alpha value is -0.510. The molecule has 0 aliphatic rings. The molecule has 0 atom stereocenters. The first-order valence-electron chi connectivity index (χ1n) is 3.46. The van der Waals surface area contributed by atoms with Gasteiger partial charge in [-0.15, -0.1) is 0 Å². The van der Waals surface area contributed by atoms with Crippen LogP contribution in [-0.4, -0.2) is 20.7 Å². The molecule has 0 bridgehead atoms. The standard InChI is InChI=1S/C7H15NO2S/c1-6(2)8-7(3)5-11(4,9)10/h5-6,8H,1-4H3/b7-5-. The highest BCUT2D eigenvalue weighted by atomic mass is 32.2. The zero-order chi connectivity index (χ0) is 9.07. The molecule has 0 aromatic heterocycles. The molecule has 0 rings (SSSR count). The Morgan fingerprint density at radius 2 is 1.91 bits per heavy atom. The predicted molar refractivity (Wildman–Crippen MR) is 46.9 cm³/mol. The van der Waals surface area contributed by atoms with Gasteiger partial charge in [-0.05, 0) is 20.8 Å². The maximum absolute atomic E-state index is 10.7. The second kappa shape index (κ2) is 3.76. The van der Waals surface area contributed by atoms with Gasteiger partial charge in [0.25, 0.3) is 0 Å². The van der Waals surface area contributed by atoms with E-state index in [4.69, 9.17) is 0 Å². The van der Waals surface area contributed by atoms with Gasteiger partial charge in [-0.25, -0.2) is 8.42 Å². The van der Waals surface area contributed by atoms with Gasteiger partial charge in [0.05, 0.1) is 0 Å². The van der Waals surface area contributed by atoms with E-state index in [0.29, 0.717) is 5.70 Å². The smallest absolute Gasteiger partial charge is 0.170 e. The molecule has 4 heteroatoms. The largest absolute Gasteiger partial charge is 0.386 e. The zero-order valence-corrected chi connectivity index (χ0v) is 8.20. The Morgan fingerprint density at radius 1 is 1.45 bits per heavy atom. The molecule has 0 spiro atoms. The SMILES string of the molecule is C/C(=C/S(C)(=O)=O)NC(C)C. The lowest BCUT2D eigenvalue weighted by Gasteiger charge is -2.08. The second-order valence-corrected chi connectivity index (χ2v) is 4.82. The summed E-state index contributed by atoms with van der Waals surface area (Å²) in [5.41, 5.74) is 0.683. The number of hydrogen-bond acceptors (Lipinski definition) is 3. The summed E-state index contributed by atoms with van der Waals surface area (Å²) in [6, 6.07) is 0.271. The van der Waals surface area contributed by atoms with E-state index in [1.165, 1.54) is 11.7 Å². The van der Waals surface area contributed by atoms with Gasteiger partial charge in [0.2, 0.25) is 0 Å². The number of sulfone groups is 1. The molecule has 0 aliphatic heterocycles. The van der Waals surface area contributed by atoms with E-state index in [1.807, 2.05) is 13.8 Å². The highest BCUT2D eigenvalue weighted by molar-refractivity contribution is 7.93. The normalized spacial score (nSPS) is 13.7. The van der Waals surface area contributed by atoms with Gasteiger partial charge < -0.3 is 5.32 Å². The minimum atomic E-state index is -2.99. The van der Waals surface area contributed by atoms with Crippen LogP contribution in [0, 0.1) is 0 Å². The van der Waals surface area contributed by atoms with Gasteiger partial charge in [-0.2, -0.15) is 0 Å². The van der Waals surface area contributed by atoms with Crippen LogP contribution < -0.4 is 5.32 Å². The van der Waals surface area contributed by atoms with Crippen molar-refractivity contribution < 1.29 is 8.42 Å². The summed E-state index contributed by atoms with van der Waals surface area (Å²) in [6.45, 7) is 5.65. The van der Waals surface area contributed by atoms with Crippen molar-refractivity contribution in [2.45, 2.75) is 26.8 Å². The van der Waals surface area contributed by atoms with Crippen LogP contribution in [0.15, 0.2) is 11.1 Å². The molecule has 0 heterocycles. The van der Waals surface area contributed by atoms with Crippen LogP contribution in [0.4, 0.5) is 0 Å². The quantitative estimate of drug-likeness (QED) is 0.696. The average Bonchev–Trinajstić information content (AvgIpc) is 1.53. The molecule has 0 radical (unpaired) electrons. The fourth-order valence-electron chi connectivity index (χ4n) is 0.810. The minimum absolute atomic E-state index is 0.271. The number of allylic oxidation sites excluding steroid dienone is 1. The fraction of sp³-hybridized carbons (Fsp3) is 0.714.